The Bertz CT molecular complexity index is 395. The van der Waals surface area contributed by atoms with Crippen LogP contribution in [0.15, 0.2) is 0 Å². The second-order valence-corrected chi connectivity index (χ2v) is 8.85. The van der Waals surface area contributed by atoms with E-state index in [2.05, 4.69) is 0 Å². The number of hydrogen-bond acceptors (Lipinski definition) is 2. The third-order valence-electron chi connectivity index (χ3n) is 8.43. The SMILES string of the molecule is C1C2CC34CC2CC12OC21CC2CC3(CC2C1)O4. The highest BCUT2D eigenvalue weighted by atomic mass is 16.6. The van der Waals surface area contributed by atoms with Gasteiger partial charge in [0.1, 0.15) is 0 Å². The first-order valence-electron chi connectivity index (χ1n) is 8.08. The lowest BCUT2D eigenvalue weighted by Crippen LogP contribution is -2.29. The van der Waals surface area contributed by atoms with Gasteiger partial charge in [0, 0.05) is 0 Å². The zero-order valence-corrected chi connectivity index (χ0v) is 10.8. The smallest absolute Gasteiger partial charge is 0.0985 e. The molecule has 0 aromatic rings. The average molecular weight is 244 g/mol. The summed E-state index contributed by atoms with van der Waals surface area (Å²) in [5.41, 5.74) is 1.46. The fourth-order valence-corrected chi connectivity index (χ4v) is 7.86. The highest BCUT2D eigenvalue weighted by Gasteiger charge is 2.85. The fraction of sp³-hybridized carbons (Fsp3) is 1.00. The minimum atomic E-state index is 0.364. The van der Waals surface area contributed by atoms with Crippen LogP contribution >= 0.6 is 0 Å². The standard InChI is InChI=1S/C16H20O2/c1-9-2-15-4-10(9)3-13(1)14(17-13)5-11-7-16(15,18-15)8-12(11)6-14/h9-12H,1-8H2. The van der Waals surface area contributed by atoms with Crippen LogP contribution in [-0.4, -0.2) is 22.4 Å². The van der Waals surface area contributed by atoms with Gasteiger partial charge in [-0.3, -0.25) is 0 Å². The van der Waals surface area contributed by atoms with Crippen molar-refractivity contribution in [1.82, 2.24) is 0 Å². The van der Waals surface area contributed by atoms with Gasteiger partial charge in [0.15, 0.2) is 0 Å². The Kier molecular flexibility index (Phi) is 1.01. The van der Waals surface area contributed by atoms with E-state index in [1.165, 1.54) is 51.4 Å². The summed E-state index contributed by atoms with van der Waals surface area (Å²) >= 11 is 0. The molecular formula is C16H20O2. The van der Waals surface area contributed by atoms with Gasteiger partial charge in [0.05, 0.1) is 22.4 Å². The molecule has 2 saturated heterocycles. The highest BCUT2D eigenvalue weighted by molar-refractivity contribution is 5.34. The van der Waals surface area contributed by atoms with Gasteiger partial charge in [0.25, 0.3) is 0 Å². The maximum Gasteiger partial charge on any atom is 0.0985 e. The van der Waals surface area contributed by atoms with Crippen LogP contribution in [0.2, 0.25) is 0 Å². The summed E-state index contributed by atoms with van der Waals surface area (Å²) in [5, 5.41) is 0. The first kappa shape index (κ1) is 8.97. The van der Waals surface area contributed by atoms with E-state index in [0.29, 0.717) is 22.4 Å². The summed E-state index contributed by atoms with van der Waals surface area (Å²) in [6.45, 7) is 0. The van der Waals surface area contributed by atoms with Crippen LogP contribution in [-0.2, 0) is 9.47 Å². The van der Waals surface area contributed by atoms with E-state index >= 15 is 0 Å². The van der Waals surface area contributed by atoms with E-state index in [9.17, 15) is 0 Å². The Morgan fingerprint density at radius 1 is 0.444 bits per heavy atom. The first-order chi connectivity index (χ1) is 8.68. The molecule has 0 bridgehead atoms. The third kappa shape index (κ3) is 0.649. The molecule has 0 radical (unpaired) electrons. The molecule has 0 N–H and O–H groups in total. The van der Waals surface area contributed by atoms with Crippen molar-refractivity contribution in [3.05, 3.63) is 0 Å². The van der Waals surface area contributed by atoms with Gasteiger partial charge in [-0.05, 0) is 75.0 Å². The molecule has 0 unspecified atom stereocenters. The number of epoxide rings is 2. The van der Waals surface area contributed by atoms with Crippen molar-refractivity contribution in [2.45, 2.75) is 73.8 Å². The predicted molar refractivity (Wildman–Crippen MR) is 64.0 cm³/mol. The van der Waals surface area contributed by atoms with Crippen LogP contribution < -0.4 is 0 Å². The molecule has 0 atom stereocenters. The highest BCUT2D eigenvalue weighted by Crippen LogP contribution is 2.81. The van der Waals surface area contributed by atoms with E-state index in [1.54, 1.807) is 0 Å². The molecule has 2 nitrogen and oxygen atoms in total. The maximum atomic E-state index is 6.50. The second-order valence-electron chi connectivity index (χ2n) is 8.85. The largest absolute Gasteiger partial charge is 0.362 e. The molecule has 0 amide bonds. The van der Waals surface area contributed by atoms with Crippen molar-refractivity contribution in [3.63, 3.8) is 0 Å². The van der Waals surface area contributed by atoms with Gasteiger partial charge in [-0.2, -0.15) is 0 Å². The van der Waals surface area contributed by atoms with Crippen LogP contribution in [0.1, 0.15) is 51.4 Å². The Balaban J connectivity index is 1.48. The zero-order chi connectivity index (χ0) is 11.4. The van der Waals surface area contributed by atoms with Gasteiger partial charge in [-0.1, -0.05) is 0 Å². The first-order valence-corrected chi connectivity index (χ1v) is 8.08. The quantitative estimate of drug-likeness (QED) is 0.612. The predicted octanol–water partition coefficient (Wildman–Crippen LogP) is 2.66. The molecule has 96 valence electrons. The average Bonchev–Trinajstić information content (AvgIpc) is 2.66. The van der Waals surface area contributed by atoms with E-state index in [-0.39, 0.29) is 0 Å². The summed E-state index contributed by atoms with van der Waals surface area (Å²) in [6.07, 6.45) is 11.1. The lowest BCUT2D eigenvalue weighted by atomic mass is 9.78. The molecule has 6 aliphatic rings. The lowest BCUT2D eigenvalue weighted by Gasteiger charge is -2.19. The number of fused-ring (bicyclic) bond motifs is 4. The van der Waals surface area contributed by atoms with Crippen molar-refractivity contribution >= 4 is 0 Å². The number of hydrogen-bond donors (Lipinski definition) is 0. The van der Waals surface area contributed by atoms with Crippen LogP contribution in [0.3, 0.4) is 0 Å². The molecule has 4 aliphatic carbocycles. The summed E-state index contributed by atoms with van der Waals surface area (Å²) in [5.74, 6) is 3.78. The van der Waals surface area contributed by atoms with Gasteiger partial charge in [0.2, 0.25) is 0 Å². The molecule has 4 spiro atoms. The molecule has 0 aromatic heterocycles. The fourth-order valence-electron chi connectivity index (χ4n) is 7.86. The molecule has 18 heavy (non-hydrogen) atoms. The Hall–Kier alpha value is -0.0800. The Morgan fingerprint density at radius 3 is 0.889 bits per heavy atom. The zero-order valence-electron chi connectivity index (χ0n) is 10.8. The van der Waals surface area contributed by atoms with E-state index < -0.39 is 0 Å². The minimum Gasteiger partial charge on any atom is -0.362 e. The topological polar surface area (TPSA) is 25.1 Å². The van der Waals surface area contributed by atoms with Crippen molar-refractivity contribution < 1.29 is 9.47 Å². The molecule has 2 aliphatic heterocycles. The van der Waals surface area contributed by atoms with Crippen molar-refractivity contribution in [3.8, 4) is 0 Å². The Morgan fingerprint density at radius 2 is 0.667 bits per heavy atom. The summed E-state index contributed by atoms with van der Waals surface area (Å²) in [6, 6.07) is 0. The van der Waals surface area contributed by atoms with E-state index in [4.69, 9.17) is 9.47 Å². The van der Waals surface area contributed by atoms with Gasteiger partial charge in [-0.15, -0.1) is 0 Å². The normalized spacial score (nSPS) is 80.0. The van der Waals surface area contributed by atoms with Crippen molar-refractivity contribution in [1.29, 1.82) is 0 Å². The summed E-state index contributed by atoms with van der Waals surface area (Å²) < 4.78 is 13.0. The van der Waals surface area contributed by atoms with Crippen LogP contribution in [0.25, 0.3) is 0 Å². The molecule has 2 heteroatoms. The van der Waals surface area contributed by atoms with Crippen molar-refractivity contribution in [2.24, 2.45) is 23.7 Å². The second kappa shape index (κ2) is 2.03. The van der Waals surface area contributed by atoms with Crippen LogP contribution in [0, 0.1) is 23.7 Å². The minimum absolute atomic E-state index is 0.364. The van der Waals surface area contributed by atoms with Gasteiger partial charge in [-0.25, -0.2) is 0 Å². The van der Waals surface area contributed by atoms with Crippen LogP contribution in [0.5, 0.6) is 0 Å². The Labute approximate surface area is 107 Å². The summed E-state index contributed by atoms with van der Waals surface area (Å²) in [4.78, 5) is 0. The summed E-state index contributed by atoms with van der Waals surface area (Å²) in [7, 11) is 0. The van der Waals surface area contributed by atoms with Crippen LogP contribution in [0.4, 0.5) is 0 Å². The molecule has 0 aromatic carbocycles. The van der Waals surface area contributed by atoms with Crippen molar-refractivity contribution in [2.75, 3.05) is 0 Å². The molecular weight excluding hydrogens is 224 g/mol. The number of rotatable bonds is 0. The van der Waals surface area contributed by atoms with E-state index in [1.807, 2.05) is 0 Å². The molecule has 6 fully saturated rings. The monoisotopic (exact) mass is 244 g/mol. The van der Waals surface area contributed by atoms with E-state index in [0.717, 1.165) is 23.7 Å². The molecule has 2 heterocycles. The molecule has 6 rings (SSSR count). The number of ether oxygens (including phenoxy) is 2. The van der Waals surface area contributed by atoms with Gasteiger partial charge < -0.3 is 9.47 Å². The maximum absolute atomic E-state index is 6.50. The lowest BCUT2D eigenvalue weighted by molar-refractivity contribution is 0.220. The molecule has 4 saturated carbocycles. The van der Waals surface area contributed by atoms with Gasteiger partial charge >= 0.3 is 0 Å². The third-order valence-corrected chi connectivity index (χ3v) is 8.43.